The van der Waals surface area contributed by atoms with E-state index in [1.54, 1.807) is 30.3 Å². The van der Waals surface area contributed by atoms with E-state index >= 15 is 0 Å². The molecular weight excluding hydrogens is 590 g/mol. The molecule has 5 rings (SSSR count). The highest BCUT2D eigenvalue weighted by atomic mass is 32.2. The third kappa shape index (κ3) is 5.78. The lowest BCUT2D eigenvalue weighted by Crippen LogP contribution is -2.27. The Labute approximate surface area is 250 Å². The quantitative estimate of drug-likeness (QED) is 0.115. The molecule has 0 saturated carbocycles. The van der Waals surface area contributed by atoms with Crippen LogP contribution < -0.4 is 20.7 Å². The molecule has 0 atom stereocenters. The third-order valence-corrected chi connectivity index (χ3v) is 9.55. The minimum atomic E-state index is -4.96. The Morgan fingerprint density at radius 2 is 1.51 bits per heavy atom. The topological polar surface area (TPSA) is 150 Å². The van der Waals surface area contributed by atoms with Crippen LogP contribution in [0.1, 0.15) is 61.8 Å². The molecule has 4 aromatic rings. The zero-order chi connectivity index (χ0) is 31.1. The molecule has 1 aliphatic heterocycles. The van der Waals surface area contributed by atoms with Gasteiger partial charge < -0.3 is 4.74 Å². The lowest BCUT2D eigenvalue weighted by atomic mass is 9.87. The first-order valence-electron chi connectivity index (χ1n) is 14.0. The Morgan fingerprint density at radius 1 is 0.814 bits per heavy atom. The van der Waals surface area contributed by atoms with Crippen LogP contribution >= 0.6 is 0 Å². The molecule has 0 radical (unpaired) electrons. The summed E-state index contributed by atoms with van der Waals surface area (Å²) in [4.78, 5) is -1.33. The number of fused-ring (bicyclic) bond motifs is 4. The first-order valence-corrected chi connectivity index (χ1v) is 16.9. The second kappa shape index (κ2) is 11.7. The maximum absolute atomic E-state index is 12.7. The molecule has 0 fully saturated rings. The Morgan fingerprint density at radius 3 is 2.16 bits per heavy atom. The van der Waals surface area contributed by atoms with Gasteiger partial charge in [-0.05, 0) is 84.3 Å². The van der Waals surface area contributed by atoms with Crippen molar-refractivity contribution in [1.82, 2.24) is 0 Å². The van der Waals surface area contributed by atoms with E-state index in [-0.39, 0.29) is 5.56 Å². The van der Waals surface area contributed by atoms with Crippen LogP contribution in [-0.4, -0.2) is 31.1 Å². The van der Waals surface area contributed by atoms with Crippen molar-refractivity contribution >= 4 is 48.8 Å². The van der Waals surface area contributed by atoms with E-state index in [0.29, 0.717) is 45.3 Å². The third-order valence-electron chi connectivity index (χ3n) is 7.81. The fourth-order valence-electron chi connectivity index (χ4n) is 5.63. The number of unbranched alkanes of at least 4 members (excludes halogenated alkanes) is 2. The van der Waals surface area contributed by atoms with Crippen molar-refractivity contribution in [3.05, 3.63) is 87.3 Å². The van der Waals surface area contributed by atoms with Crippen LogP contribution in [0, 0.1) is 0 Å². The van der Waals surface area contributed by atoms with Gasteiger partial charge in [0.25, 0.3) is 20.2 Å². The van der Waals surface area contributed by atoms with Crippen LogP contribution in [0.4, 0.5) is 5.69 Å². The number of anilines is 1. The molecule has 0 aliphatic carbocycles. The summed E-state index contributed by atoms with van der Waals surface area (Å²) in [6.45, 7) is 8.59. The Hall–Kier alpha value is -3.74. The summed E-state index contributed by atoms with van der Waals surface area (Å²) in [6, 6.07) is 13.8. The van der Waals surface area contributed by atoms with Crippen LogP contribution in [0.2, 0.25) is 0 Å². The normalized spacial score (nSPS) is 13.0. The molecule has 0 saturated heterocycles. The van der Waals surface area contributed by atoms with Gasteiger partial charge in [-0.1, -0.05) is 45.4 Å². The molecule has 0 unspecified atom stereocenters. The SMILES string of the molecule is C=c1c(CCCC)cc2c(c1CCCC)Oc1c(ccc3cc(NO)ccc13)C=2c1ccc(S(=O)(=O)O)cc1S(=O)(=O)O. The van der Waals surface area contributed by atoms with Gasteiger partial charge in [0.1, 0.15) is 16.4 Å². The van der Waals surface area contributed by atoms with Crippen molar-refractivity contribution in [3.8, 4) is 11.5 Å². The number of hydrogen-bond acceptors (Lipinski definition) is 7. The predicted molar refractivity (Wildman–Crippen MR) is 166 cm³/mol. The van der Waals surface area contributed by atoms with Crippen LogP contribution in [0.5, 0.6) is 11.5 Å². The first kappa shape index (κ1) is 30.7. The van der Waals surface area contributed by atoms with Crippen molar-refractivity contribution in [2.45, 2.75) is 62.2 Å². The highest BCUT2D eigenvalue weighted by Crippen LogP contribution is 2.44. The molecule has 1 heterocycles. The van der Waals surface area contributed by atoms with Crippen molar-refractivity contribution in [2.24, 2.45) is 0 Å². The minimum Gasteiger partial charge on any atom is -0.455 e. The van der Waals surface area contributed by atoms with Gasteiger partial charge in [-0.2, -0.15) is 16.8 Å². The smallest absolute Gasteiger partial charge is 0.295 e. The van der Waals surface area contributed by atoms with Gasteiger partial charge in [0, 0.05) is 32.9 Å². The fraction of sp³-hybridized carbons (Fsp3) is 0.250. The van der Waals surface area contributed by atoms with Gasteiger partial charge in [0.2, 0.25) is 0 Å². The zero-order valence-corrected chi connectivity index (χ0v) is 25.5. The van der Waals surface area contributed by atoms with Gasteiger partial charge in [0.05, 0.1) is 10.6 Å². The van der Waals surface area contributed by atoms with Gasteiger partial charge in [-0.25, -0.2) is 0 Å². The Kier molecular flexibility index (Phi) is 8.39. The summed E-state index contributed by atoms with van der Waals surface area (Å²) >= 11 is 0. The van der Waals surface area contributed by atoms with E-state index in [1.165, 1.54) is 6.07 Å². The number of rotatable bonds is 10. The van der Waals surface area contributed by atoms with E-state index in [1.807, 2.05) is 6.07 Å². The number of aryl methyl sites for hydroxylation is 1. The summed E-state index contributed by atoms with van der Waals surface area (Å²) in [5.74, 6) is 0.946. The molecule has 0 amide bonds. The number of nitrogens with one attached hydrogen (secondary N) is 1. The molecule has 43 heavy (non-hydrogen) atoms. The molecule has 11 heteroatoms. The summed E-state index contributed by atoms with van der Waals surface area (Å²) in [7, 11) is -9.74. The molecule has 9 nitrogen and oxygen atoms in total. The van der Waals surface area contributed by atoms with Crippen LogP contribution in [0.15, 0.2) is 64.4 Å². The van der Waals surface area contributed by atoms with E-state index < -0.39 is 30.0 Å². The van der Waals surface area contributed by atoms with Gasteiger partial charge in [0.15, 0.2) is 0 Å². The van der Waals surface area contributed by atoms with E-state index in [2.05, 4.69) is 25.9 Å². The number of benzene rings is 4. The van der Waals surface area contributed by atoms with Crippen molar-refractivity contribution < 1.29 is 35.9 Å². The van der Waals surface area contributed by atoms with Crippen LogP contribution in [0.25, 0.3) is 22.9 Å². The fourth-order valence-corrected chi connectivity index (χ4v) is 6.93. The number of hydrogen-bond donors (Lipinski definition) is 4. The monoisotopic (exact) mass is 623 g/mol. The summed E-state index contributed by atoms with van der Waals surface area (Å²) in [5, 5.41) is 12.3. The Balaban J connectivity index is 1.99. The number of ether oxygens (including phenoxy) is 1. The highest BCUT2D eigenvalue weighted by molar-refractivity contribution is 7.86. The van der Waals surface area contributed by atoms with E-state index in [4.69, 9.17) is 4.74 Å². The largest absolute Gasteiger partial charge is 0.455 e. The molecule has 0 spiro atoms. The van der Waals surface area contributed by atoms with Crippen molar-refractivity contribution in [1.29, 1.82) is 0 Å². The average molecular weight is 624 g/mol. The van der Waals surface area contributed by atoms with Crippen molar-refractivity contribution in [3.63, 3.8) is 0 Å². The standard InChI is InChI=1S/C32H33NO8S2/c1-4-6-8-20-17-28-30(26-15-12-23(42(35,36)37)18-29(26)43(38,39)40)27-13-10-21-16-22(33-34)11-14-25(21)32(27)41-31(28)24(19(20)3)9-7-5-2/h10-18,33-34H,3-9H2,1-2H3,(H,35,36,37)(H,38,39,40). The van der Waals surface area contributed by atoms with Gasteiger partial charge >= 0.3 is 0 Å². The summed E-state index contributed by atoms with van der Waals surface area (Å²) in [5.41, 5.74) is 5.47. The molecule has 1 aliphatic rings. The molecule has 226 valence electrons. The molecule has 0 aromatic heterocycles. The summed E-state index contributed by atoms with van der Waals surface area (Å²) < 4.78 is 76.1. The second-order valence-corrected chi connectivity index (χ2v) is 13.5. The van der Waals surface area contributed by atoms with Crippen LogP contribution in [0.3, 0.4) is 0 Å². The average Bonchev–Trinajstić information content (AvgIpc) is 2.97. The predicted octanol–water partition coefficient (Wildman–Crippen LogP) is 5.58. The second-order valence-electron chi connectivity index (χ2n) is 10.7. The molecule has 4 N–H and O–H groups in total. The maximum Gasteiger partial charge on any atom is 0.295 e. The zero-order valence-electron chi connectivity index (χ0n) is 23.8. The first-order chi connectivity index (χ1) is 20.4. The lowest BCUT2D eigenvalue weighted by molar-refractivity contribution is 0.389. The van der Waals surface area contributed by atoms with Gasteiger partial charge in [-0.3, -0.25) is 19.8 Å². The maximum atomic E-state index is 12.7. The van der Waals surface area contributed by atoms with E-state index in [0.717, 1.165) is 66.0 Å². The molecule has 0 bridgehead atoms. The van der Waals surface area contributed by atoms with Crippen LogP contribution in [-0.2, 0) is 33.1 Å². The molecule has 4 aromatic carbocycles. The minimum absolute atomic E-state index is 0.0494. The molecular formula is C32H33NO8S2. The Bertz CT molecular complexity index is 2090. The van der Waals surface area contributed by atoms with E-state index in [9.17, 15) is 31.1 Å². The van der Waals surface area contributed by atoms with Crippen molar-refractivity contribution in [2.75, 3.05) is 5.48 Å². The van der Waals surface area contributed by atoms with Gasteiger partial charge in [-0.15, -0.1) is 0 Å². The summed E-state index contributed by atoms with van der Waals surface area (Å²) in [6.07, 6.45) is 5.05. The highest BCUT2D eigenvalue weighted by Gasteiger charge is 2.30. The lowest BCUT2D eigenvalue weighted by Gasteiger charge is -2.26.